The number of carbonyl (C=O) groups is 2. The summed E-state index contributed by atoms with van der Waals surface area (Å²) in [7, 11) is 0. The molecule has 0 aliphatic carbocycles. The highest BCUT2D eigenvalue weighted by molar-refractivity contribution is 5.85. The molecule has 0 aromatic heterocycles. The molecular formula is C12H14O4. The van der Waals surface area contributed by atoms with Crippen LogP contribution in [0, 0.1) is 5.92 Å². The Morgan fingerprint density at radius 1 is 1.56 bits per heavy atom. The summed E-state index contributed by atoms with van der Waals surface area (Å²) in [5, 5.41) is 0. The quantitative estimate of drug-likeness (QED) is 0.534. The van der Waals surface area contributed by atoms with Crippen molar-refractivity contribution in [2.75, 3.05) is 6.61 Å². The molecule has 0 amide bonds. The van der Waals surface area contributed by atoms with E-state index in [2.05, 4.69) is 6.58 Å². The van der Waals surface area contributed by atoms with Crippen molar-refractivity contribution in [3.05, 3.63) is 23.8 Å². The Morgan fingerprint density at radius 3 is 2.81 bits per heavy atom. The molecule has 16 heavy (non-hydrogen) atoms. The Morgan fingerprint density at radius 2 is 2.31 bits per heavy atom. The molecule has 0 aromatic rings. The van der Waals surface area contributed by atoms with Gasteiger partial charge in [-0.3, -0.25) is 4.79 Å². The number of rotatable bonds is 3. The Kier molecular flexibility index (Phi) is 2.81. The average molecular weight is 222 g/mol. The minimum atomic E-state index is -0.321. The zero-order valence-corrected chi connectivity index (χ0v) is 9.19. The van der Waals surface area contributed by atoms with Crippen molar-refractivity contribution in [3.63, 3.8) is 0 Å². The first-order valence-corrected chi connectivity index (χ1v) is 5.28. The lowest BCUT2D eigenvalue weighted by atomic mass is 9.95. The van der Waals surface area contributed by atoms with Crippen molar-refractivity contribution in [1.82, 2.24) is 0 Å². The van der Waals surface area contributed by atoms with Crippen molar-refractivity contribution in [3.8, 4) is 0 Å². The van der Waals surface area contributed by atoms with Crippen LogP contribution in [0.25, 0.3) is 0 Å². The molecule has 1 saturated heterocycles. The molecule has 2 heterocycles. The molecule has 2 unspecified atom stereocenters. The lowest BCUT2D eigenvalue weighted by molar-refractivity contribution is -0.143. The van der Waals surface area contributed by atoms with E-state index in [0.29, 0.717) is 19.4 Å². The summed E-state index contributed by atoms with van der Waals surface area (Å²) in [4.78, 5) is 22.4. The zero-order chi connectivity index (χ0) is 11.7. The molecule has 2 rings (SSSR count). The molecule has 2 atom stereocenters. The second-order valence-corrected chi connectivity index (χ2v) is 4.32. The lowest BCUT2D eigenvalue weighted by Gasteiger charge is -2.06. The Bertz CT molecular complexity index is 380. The molecule has 86 valence electrons. The summed E-state index contributed by atoms with van der Waals surface area (Å²) in [5.41, 5.74) is 1.73. The van der Waals surface area contributed by atoms with E-state index in [0.717, 1.165) is 11.1 Å². The summed E-state index contributed by atoms with van der Waals surface area (Å²) >= 11 is 0. The maximum Gasteiger partial charge on any atom is 0.331 e. The maximum atomic E-state index is 11.5. The van der Waals surface area contributed by atoms with E-state index in [4.69, 9.17) is 9.47 Å². The SMILES string of the molecule is C=C(C)C1CC(CC2=CC(=O)OC2)C(=O)O1. The highest BCUT2D eigenvalue weighted by atomic mass is 16.6. The van der Waals surface area contributed by atoms with Crippen LogP contribution in [-0.2, 0) is 19.1 Å². The third kappa shape index (κ3) is 2.15. The Labute approximate surface area is 93.9 Å². The molecule has 4 nitrogen and oxygen atoms in total. The normalized spacial score (nSPS) is 28.7. The molecule has 2 aliphatic heterocycles. The smallest absolute Gasteiger partial charge is 0.331 e. The fraction of sp³-hybridized carbons (Fsp3) is 0.500. The first-order valence-electron chi connectivity index (χ1n) is 5.28. The van der Waals surface area contributed by atoms with Gasteiger partial charge in [0.05, 0.1) is 5.92 Å². The second-order valence-electron chi connectivity index (χ2n) is 4.32. The van der Waals surface area contributed by atoms with Crippen LogP contribution >= 0.6 is 0 Å². The van der Waals surface area contributed by atoms with Crippen LogP contribution in [0.15, 0.2) is 23.8 Å². The van der Waals surface area contributed by atoms with Gasteiger partial charge in [0.15, 0.2) is 0 Å². The highest BCUT2D eigenvalue weighted by Crippen LogP contribution is 2.30. The average Bonchev–Trinajstić information content (AvgIpc) is 2.75. The minimum Gasteiger partial charge on any atom is -0.458 e. The van der Waals surface area contributed by atoms with Gasteiger partial charge in [0.2, 0.25) is 0 Å². The third-order valence-electron chi connectivity index (χ3n) is 2.87. The second kappa shape index (κ2) is 4.12. The van der Waals surface area contributed by atoms with Gasteiger partial charge in [-0.05, 0) is 24.5 Å². The van der Waals surface area contributed by atoms with Gasteiger partial charge in [-0.25, -0.2) is 4.79 Å². The van der Waals surface area contributed by atoms with Crippen molar-refractivity contribution in [1.29, 1.82) is 0 Å². The van der Waals surface area contributed by atoms with E-state index >= 15 is 0 Å². The Balaban J connectivity index is 1.96. The number of cyclic esters (lactones) is 2. The number of ether oxygens (including phenoxy) is 2. The van der Waals surface area contributed by atoms with Crippen molar-refractivity contribution < 1.29 is 19.1 Å². The van der Waals surface area contributed by atoms with Gasteiger partial charge in [0.25, 0.3) is 0 Å². The monoisotopic (exact) mass is 222 g/mol. The van der Waals surface area contributed by atoms with Crippen LogP contribution in [0.4, 0.5) is 0 Å². The van der Waals surface area contributed by atoms with Gasteiger partial charge in [0, 0.05) is 12.5 Å². The van der Waals surface area contributed by atoms with E-state index in [1.165, 1.54) is 6.08 Å². The van der Waals surface area contributed by atoms with Gasteiger partial charge < -0.3 is 9.47 Å². The van der Waals surface area contributed by atoms with Crippen LogP contribution < -0.4 is 0 Å². The number of esters is 2. The van der Waals surface area contributed by atoms with Gasteiger partial charge >= 0.3 is 11.9 Å². The molecule has 2 aliphatic rings. The molecule has 0 radical (unpaired) electrons. The highest BCUT2D eigenvalue weighted by Gasteiger charge is 2.35. The van der Waals surface area contributed by atoms with Crippen LogP contribution in [0.2, 0.25) is 0 Å². The largest absolute Gasteiger partial charge is 0.458 e. The van der Waals surface area contributed by atoms with Crippen LogP contribution in [0.3, 0.4) is 0 Å². The van der Waals surface area contributed by atoms with Crippen LogP contribution in [0.1, 0.15) is 19.8 Å². The molecule has 0 spiro atoms. The Hall–Kier alpha value is -1.58. The van der Waals surface area contributed by atoms with Gasteiger partial charge in [-0.2, -0.15) is 0 Å². The van der Waals surface area contributed by atoms with Crippen LogP contribution in [-0.4, -0.2) is 24.6 Å². The van der Waals surface area contributed by atoms with E-state index in [-0.39, 0.29) is 24.0 Å². The van der Waals surface area contributed by atoms with E-state index in [9.17, 15) is 9.59 Å². The maximum absolute atomic E-state index is 11.5. The van der Waals surface area contributed by atoms with E-state index < -0.39 is 0 Å². The zero-order valence-electron chi connectivity index (χ0n) is 9.19. The first kappa shape index (κ1) is 10.9. The third-order valence-corrected chi connectivity index (χ3v) is 2.87. The van der Waals surface area contributed by atoms with E-state index in [1.807, 2.05) is 6.92 Å². The topological polar surface area (TPSA) is 52.6 Å². The minimum absolute atomic E-state index is 0.164. The molecular weight excluding hydrogens is 208 g/mol. The number of hydrogen-bond acceptors (Lipinski definition) is 4. The summed E-state index contributed by atoms with van der Waals surface area (Å²) in [6.45, 7) is 5.93. The summed E-state index contributed by atoms with van der Waals surface area (Å²) in [5.74, 6) is -0.687. The van der Waals surface area contributed by atoms with Crippen LogP contribution in [0.5, 0.6) is 0 Å². The molecule has 0 saturated carbocycles. The molecule has 0 aromatic carbocycles. The predicted molar refractivity (Wildman–Crippen MR) is 56.5 cm³/mol. The summed E-state index contributed by atoms with van der Waals surface area (Å²) in [6.07, 6.45) is 2.49. The molecule has 0 bridgehead atoms. The predicted octanol–water partition coefficient (Wildman–Crippen LogP) is 1.37. The van der Waals surface area contributed by atoms with Gasteiger partial charge in [-0.1, -0.05) is 6.58 Å². The standard InChI is InChI=1S/C12H14O4/c1-7(2)10-5-9(12(14)16-10)3-8-4-11(13)15-6-8/h4,9-10H,1,3,5-6H2,2H3. The van der Waals surface area contributed by atoms with Gasteiger partial charge in [-0.15, -0.1) is 0 Å². The molecule has 1 fully saturated rings. The fourth-order valence-corrected chi connectivity index (χ4v) is 1.96. The fourth-order valence-electron chi connectivity index (χ4n) is 1.96. The van der Waals surface area contributed by atoms with Crippen molar-refractivity contribution in [2.24, 2.45) is 5.92 Å². The first-order chi connectivity index (χ1) is 7.56. The van der Waals surface area contributed by atoms with E-state index in [1.54, 1.807) is 0 Å². The van der Waals surface area contributed by atoms with Gasteiger partial charge in [0.1, 0.15) is 12.7 Å². The lowest BCUT2D eigenvalue weighted by Crippen LogP contribution is -2.09. The van der Waals surface area contributed by atoms with Crippen molar-refractivity contribution in [2.45, 2.75) is 25.9 Å². The number of carbonyl (C=O) groups excluding carboxylic acids is 2. The number of hydrogen-bond donors (Lipinski definition) is 0. The summed E-state index contributed by atoms with van der Waals surface area (Å²) in [6, 6.07) is 0. The summed E-state index contributed by atoms with van der Waals surface area (Å²) < 4.78 is 9.97. The molecule has 0 N–H and O–H groups in total. The van der Waals surface area contributed by atoms with Crippen molar-refractivity contribution >= 4 is 11.9 Å². The molecule has 4 heteroatoms.